The van der Waals surface area contributed by atoms with E-state index in [1.807, 2.05) is 37.3 Å². The van der Waals surface area contributed by atoms with Gasteiger partial charge in [0.15, 0.2) is 0 Å². The first kappa shape index (κ1) is 25.1. The minimum absolute atomic E-state index is 0.147. The standard InChI is InChI=1S/C27H25BrClN3O3/c1-18(31(16-5-17-35-2)26(33)19-8-10-20(28)11-9-19)25-30-24-7-4-3-6-23(24)27(34)32(25)22-14-12-21(29)13-15-22/h3-4,6-15,18H,5,16-17H2,1-2H3. The van der Waals surface area contributed by atoms with Crippen LogP contribution in [0.4, 0.5) is 0 Å². The lowest BCUT2D eigenvalue weighted by Gasteiger charge is -2.31. The van der Waals surface area contributed by atoms with Crippen LogP contribution in [0.3, 0.4) is 0 Å². The molecule has 6 nitrogen and oxygen atoms in total. The normalized spacial score (nSPS) is 12.0. The fourth-order valence-corrected chi connectivity index (χ4v) is 4.41. The van der Waals surface area contributed by atoms with E-state index in [-0.39, 0.29) is 11.5 Å². The van der Waals surface area contributed by atoms with Crippen LogP contribution >= 0.6 is 27.5 Å². The van der Waals surface area contributed by atoms with Crippen LogP contribution < -0.4 is 5.56 Å². The molecule has 0 saturated heterocycles. The van der Waals surface area contributed by atoms with Gasteiger partial charge >= 0.3 is 0 Å². The van der Waals surface area contributed by atoms with E-state index in [2.05, 4.69) is 15.9 Å². The van der Waals surface area contributed by atoms with E-state index in [4.69, 9.17) is 21.3 Å². The van der Waals surface area contributed by atoms with Gasteiger partial charge in [-0.05, 0) is 74.0 Å². The Labute approximate surface area is 217 Å². The summed E-state index contributed by atoms with van der Waals surface area (Å²) >= 11 is 9.53. The molecule has 0 radical (unpaired) electrons. The average Bonchev–Trinajstić information content (AvgIpc) is 2.87. The number of hydrogen-bond acceptors (Lipinski definition) is 4. The molecule has 8 heteroatoms. The summed E-state index contributed by atoms with van der Waals surface area (Å²) in [5.41, 5.74) is 1.57. The second kappa shape index (κ2) is 11.2. The predicted octanol–water partition coefficient (Wildman–Crippen LogP) is 6.04. The molecule has 4 aromatic rings. The number of fused-ring (bicyclic) bond motifs is 1. The monoisotopic (exact) mass is 553 g/mol. The smallest absolute Gasteiger partial charge is 0.266 e. The van der Waals surface area contributed by atoms with Crippen molar-refractivity contribution in [3.05, 3.63) is 104 Å². The highest BCUT2D eigenvalue weighted by Gasteiger charge is 2.27. The Hall–Kier alpha value is -3.00. The minimum Gasteiger partial charge on any atom is -0.385 e. The fourth-order valence-electron chi connectivity index (χ4n) is 4.02. The van der Waals surface area contributed by atoms with E-state index in [1.165, 1.54) is 0 Å². The van der Waals surface area contributed by atoms with Crippen molar-refractivity contribution in [2.24, 2.45) is 0 Å². The van der Waals surface area contributed by atoms with Gasteiger partial charge in [-0.15, -0.1) is 0 Å². The number of ether oxygens (including phenoxy) is 1. The number of carbonyl (C=O) groups excluding carboxylic acids is 1. The van der Waals surface area contributed by atoms with E-state index >= 15 is 0 Å². The first-order valence-corrected chi connectivity index (χ1v) is 12.4. The van der Waals surface area contributed by atoms with Crippen LogP contribution in [-0.4, -0.2) is 40.6 Å². The van der Waals surface area contributed by atoms with E-state index in [0.29, 0.717) is 52.6 Å². The zero-order chi connectivity index (χ0) is 24.9. The second-order valence-corrected chi connectivity index (χ2v) is 9.48. The summed E-state index contributed by atoms with van der Waals surface area (Å²) in [4.78, 5) is 33.9. The number of aromatic nitrogens is 2. The number of methoxy groups -OCH3 is 1. The number of para-hydroxylation sites is 1. The number of carbonyl (C=O) groups is 1. The molecule has 1 atom stereocenters. The molecule has 0 spiro atoms. The molecule has 1 unspecified atom stereocenters. The van der Waals surface area contributed by atoms with Crippen molar-refractivity contribution in [1.82, 2.24) is 14.5 Å². The number of rotatable bonds is 8. The number of amides is 1. The predicted molar refractivity (Wildman–Crippen MR) is 142 cm³/mol. The highest BCUT2D eigenvalue weighted by molar-refractivity contribution is 9.10. The van der Waals surface area contributed by atoms with Gasteiger partial charge in [0.1, 0.15) is 5.82 Å². The summed E-state index contributed by atoms with van der Waals surface area (Å²) in [6.07, 6.45) is 0.641. The molecule has 1 aromatic heterocycles. The zero-order valence-electron chi connectivity index (χ0n) is 19.4. The Morgan fingerprint density at radius 2 is 1.77 bits per heavy atom. The molecule has 1 amide bonds. The van der Waals surface area contributed by atoms with E-state index in [9.17, 15) is 9.59 Å². The molecule has 0 aliphatic rings. The van der Waals surface area contributed by atoms with Gasteiger partial charge in [-0.2, -0.15) is 0 Å². The maximum absolute atomic E-state index is 13.7. The zero-order valence-corrected chi connectivity index (χ0v) is 21.8. The van der Waals surface area contributed by atoms with Crippen LogP contribution in [0, 0.1) is 0 Å². The Balaban J connectivity index is 1.87. The number of benzene rings is 3. The van der Waals surface area contributed by atoms with Crippen molar-refractivity contribution in [2.45, 2.75) is 19.4 Å². The summed E-state index contributed by atoms with van der Waals surface area (Å²) in [5.74, 6) is 0.324. The quantitative estimate of drug-likeness (QED) is 0.249. The van der Waals surface area contributed by atoms with Gasteiger partial charge in [-0.1, -0.05) is 39.7 Å². The molecule has 0 aliphatic carbocycles. The van der Waals surface area contributed by atoms with Gasteiger partial charge in [0.05, 0.1) is 22.6 Å². The first-order chi connectivity index (χ1) is 16.9. The number of halogens is 2. The van der Waals surface area contributed by atoms with Gasteiger partial charge in [-0.25, -0.2) is 4.98 Å². The van der Waals surface area contributed by atoms with Gasteiger partial charge < -0.3 is 9.64 Å². The SMILES string of the molecule is COCCCN(C(=O)c1ccc(Br)cc1)C(C)c1nc2ccccc2c(=O)n1-c1ccc(Cl)cc1. The lowest BCUT2D eigenvalue weighted by atomic mass is 10.1. The molecule has 0 saturated carbocycles. The van der Waals surface area contributed by atoms with Gasteiger partial charge in [0.25, 0.3) is 11.5 Å². The molecule has 180 valence electrons. The third-order valence-electron chi connectivity index (χ3n) is 5.83. The van der Waals surface area contributed by atoms with Crippen molar-refractivity contribution in [3.8, 4) is 5.69 Å². The topological polar surface area (TPSA) is 64.4 Å². The summed E-state index contributed by atoms with van der Waals surface area (Å²) < 4.78 is 7.69. The van der Waals surface area contributed by atoms with E-state index < -0.39 is 6.04 Å². The maximum Gasteiger partial charge on any atom is 0.266 e. The Morgan fingerprint density at radius 3 is 2.46 bits per heavy atom. The Bertz CT molecular complexity index is 1390. The number of nitrogens with zero attached hydrogens (tertiary/aromatic N) is 3. The Kier molecular flexibility index (Phi) is 8.00. The molecule has 0 bridgehead atoms. The van der Waals surface area contributed by atoms with Crippen molar-refractivity contribution < 1.29 is 9.53 Å². The van der Waals surface area contributed by atoms with E-state index in [1.54, 1.807) is 59.0 Å². The molecule has 3 aromatic carbocycles. The maximum atomic E-state index is 13.7. The van der Waals surface area contributed by atoms with Crippen molar-refractivity contribution >= 4 is 44.3 Å². The van der Waals surface area contributed by atoms with Crippen molar-refractivity contribution in [1.29, 1.82) is 0 Å². The molecule has 0 aliphatic heterocycles. The minimum atomic E-state index is -0.504. The molecule has 4 rings (SSSR count). The van der Waals surface area contributed by atoms with E-state index in [0.717, 1.165) is 4.47 Å². The molecule has 0 fully saturated rings. The van der Waals surface area contributed by atoms with Crippen LogP contribution in [0.25, 0.3) is 16.6 Å². The highest BCUT2D eigenvalue weighted by atomic mass is 79.9. The molecule has 1 heterocycles. The van der Waals surface area contributed by atoms with Gasteiger partial charge in [0, 0.05) is 35.3 Å². The summed E-state index contributed by atoms with van der Waals surface area (Å²) in [6.45, 7) is 2.84. The third-order valence-corrected chi connectivity index (χ3v) is 6.61. The summed E-state index contributed by atoms with van der Waals surface area (Å²) in [6, 6.07) is 21.0. The third kappa shape index (κ3) is 5.48. The molecule has 35 heavy (non-hydrogen) atoms. The van der Waals surface area contributed by atoms with Crippen LogP contribution in [0.1, 0.15) is 35.6 Å². The van der Waals surface area contributed by atoms with Crippen LogP contribution in [0.15, 0.2) is 82.1 Å². The molecular formula is C27H25BrClN3O3. The average molecular weight is 555 g/mol. The lowest BCUT2D eigenvalue weighted by Crippen LogP contribution is -2.38. The van der Waals surface area contributed by atoms with Gasteiger partial charge in [-0.3, -0.25) is 14.2 Å². The fraction of sp³-hybridized carbons (Fsp3) is 0.222. The summed E-state index contributed by atoms with van der Waals surface area (Å²) in [7, 11) is 1.63. The molecular weight excluding hydrogens is 530 g/mol. The first-order valence-electron chi connectivity index (χ1n) is 11.2. The van der Waals surface area contributed by atoms with Crippen molar-refractivity contribution in [3.63, 3.8) is 0 Å². The van der Waals surface area contributed by atoms with Crippen LogP contribution in [0.5, 0.6) is 0 Å². The summed E-state index contributed by atoms with van der Waals surface area (Å²) in [5, 5.41) is 1.07. The highest BCUT2D eigenvalue weighted by Crippen LogP contribution is 2.26. The number of hydrogen-bond donors (Lipinski definition) is 0. The van der Waals surface area contributed by atoms with Crippen LogP contribution in [-0.2, 0) is 4.74 Å². The lowest BCUT2D eigenvalue weighted by molar-refractivity contribution is 0.0657. The largest absolute Gasteiger partial charge is 0.385 e. The molecule has 0 N–H and O–H groups in total. The van der Waals surface area contributed by atoms with Crippen LogP contribution in [0.2, 0.25) is 5.02 Å². The Morgan fingerprint density at radius 1 is 1.09 bits per heavy atom. The van der Waals surface area contributed by atoms with Crippen molar-refractivity contribution in [2.75, 3.05) is 20.3 Å². The second-order valence-electron chi connectivity index (χ2n) is 8.13. The van der Waals surface area contributed by atoms with Gasteiger partial charge in [0.2, 0.25) is 0 Å².